The molecule has 8 heteroatoms. The van der Waals surface area contributed by atoms with Crippen LogP contribution in [0.15, 0.2) is 36.0 Å². The topological polar surface area (TPSA) is 61.8 Å². The van der Waals surface area contributed by atoms with Crippen molar-refractivity contribution >= 4 is 5.91 Å². The number of benzene rings is 1. The number of aliphatic hydroxyl groups is 1. The molecule has 21 heavy (non-hydrogen) atoms. The molecule has 0 aromatic heterocycles. The molecule has 0 bridgehead atoms. The summed E-state index contributed by atoms with van der Waals surface area (Å²) in [6.07, 6.45) is -4.15. The first-order chi connectivity index (χ1) is 9.68. The Morgan fingerprint density at radius 1 is 1.43 bits per heavy atom. The summed E-state index contributed by atoms with van der Waals surface area (Å²) in [6, 6.07) is 5.83. The fraction of sp³-hybridized carbons (Fsp3) is 0.308. The average molecular weight is 302 g/mol. The molecular formula is C13H13F3N2O3. The van der Waals surface area contributed by atoms with Crippen LogP contribution in [0.2, 0.25) is 0 Å². The molecule has 0 saturated heterocycles. The molecule has 0 aliphatic carbocycles. The third kappa shape index (κ3) is 2.66. The van der Waals surface area contributed by atoms with Crippen LogP contribution in [0.25, 0.3) is 0 Å². The number of methoxy groups -OCH3 is 1. The number of allylic oxidation sites excluding steroid dienone is 1. The number of alkyl halides is 3. The summed E-state index contributed by atoms with van der Waals surface area (Å²) in [5, 5.41) is 11.1. The predicted octanol–water partition coefficient (Wildman–Crippen LogP) is 1.65. The molecule has 0 radical (unpaired) electrons. The van der Waals surface area contributed by atoms with E-state index in [9.17, 15) is 23.1 Å². The lowest BCUT2D eigenvalue weighted by atomic mass is 10.0. The number of ether oxygens (including phenoxy) is 1. The fourth-order valence-electron chi connectivity index (χ4n) is 2.03. The molecule has 2 N–H and O–H groups in total. The lowest BCUT2D eigenvalue weighted by molar-refractivity contribution is -0.155. The van der Waals surface area contributed by atoms with E-state index in [1.54, 1.807) is 6.07 Å². The number of hydrogen-bond donors (Lipinski definition) is 2. The Morgan fingerprint density at radius 2 is 2.10 bits per heavy atom. The van der Waals surface area contributed by atoms with Crippen molar-refractivity contribution in [3.63, 3.8) is 0 Å². The zero-order valence-corrected chi connectivity index (χ0v) is 11.2. The minimum Gasteiger partial charge on any atom is -0.497 e. The van der Waals surface area contributed by atoms with Crippen molar-refractivity contribution in [2.75, 3.05) is 7.11 Å². The number of carbonyl (C=O) groups excluding carboxylic acids is 1. The van der Waals surface area contributed by atoms with Gasteiger partial charge >= 0.3 is 6.18 Å². The number of carbonyl (C=O) groups is 1. The van der Waals surface area contributed by atoms with Gasteiger partial charge in [-0.3, -0.25) is 10.2 Å². The fourth-order valence-corrected chi connectivity index (χ4v) is 2.03. The first-order valence-electron chi connectivity index (χ1n) is 5.93. The standard InChI is InChI=1S/C13H13F3N2O3/c1-8(19)18-12(20,7-11(17-18)13(14,15)16)9-4-3-5-10(6-9)21-2/h3-7,17,20H,1-2H3. The molecular weight excluding hydrogens is 289 g/mol. The summed E-state index contributed by atoms with van der Waals surface area (Å²) in [7, 11) is 1.38. The first kappa shape index (κ1) is 15.2. The van der Waals surface area contributed by atoms with Gasteiger partial charge in [-0.05, 0) is 12.1 Å². The van der Waals surface area contributed by atoms with E-state index in [0.717, 1.165) is 6.92 Å². The molecule has 1 heterocycles. The third-order valence-corrected chi connectivity index (χ3v) is 3.03. The van der Waals surface area contributed by atoms with Crippen LogP contribution in [0.5, 0.6) is 5.75 Å². The molecule has 1 unspecified atom stereocenters. The SMILES string of the molecule is COc1cccc(C2(O)C=C(C(F)(F)F)NN2C(C)=O)c1. The van der Waals surface area contributed by atoms with Crippen molar-refractivity contribution in [2.45, 2.75) is 18.8 Å². The molecule has 1 aromatic carbocycles. The number of halogens is 3. The predicted molar refractivity (Wildman–Crippen MR) is 66.7 cm³/mol. The second-order valence-corrected chi connectivity index (χ2v) is 4.48. The number of amides is 1. The van der Waals surface area contributed by atoms with E-state index < -0.39 is 23.5 Å². The van der Waals surface area contributed by atoms with E-state index in [0.29, 0.717) is 16.8 Å². The Hall–Kier alpha value is -2.22. The summed E-state index contributed by atoms with van der Waals surface area (Å²) in [6.45, 7) is 1.05. The third-order valence-electron chi connectivity index (χ3n) is 3.03. The Kier molecular flexibility index (Phi) is 3.58. The zero-order valence-electron chi connectivity index (χ0n) is 11.2. The molecule has 114 valence electrons. The van der Waals surface area contributed by atoms with Gasteiger partial charge in [0.1, 0.15) is 11.4 Å². The number of hydrazine groups is 1. The molecule has 5 nitrogen and oxygen atoms in total. The van der Waals surface area contributed by atoms with Crippen LogP contribution < -0.4 is 10.2 Å². The Labute approximate surface area is 118 Å². The minimum absolute atomic E-state index is 0.0730. The molecule has 1 aromatic rings. The molecule has 0 spiro atoms. The molecule has 1 aliphatic rings. The highest BCUT2D eigenvalue weighted by atomic mass is 19.4. The van der Waals surface area contributed by atoms with Crippen LogP contribution in [-0.4, -0.2) is 29.3 Å². The first-order valence-corrected chi connectivity index (χ1v) is 5.93. The van der Waals surface area contributed by atoms with Crippen LogP contribution in [0.3, 0.4) is 0 Å². The van der Waals surface area contributed by atoms with Gasteiger partial charge in [0, 0.05) is 18.6 Å². The van der Waals surface area contributed by atoms with Gasteiger partial charge in [-0.2, -0.15) is 13.2 Å². The zero-order chi connectivity index (χ0) is 15.8. The Bertz CT molecular complexity index is 601. The highest BCUT2D eigenvalue weighted by Crippen LogP contribution is 2.38. The summed E-state index contributed by atoms with van der Waals surface area (Å²) >= 11 is 0. The normalized spacial score (nSPS) is 21.8. The van der Waals surface area contributed by atoms with E-state index in [2.05, 4.69) is 0 Å². The smallest absolute Gasteiger partial charge is 0.432 e. The lowest BCUT2D eigenvalue weighted by Gasteiger charge is -2.32. The monoisotopic (exact) mass is 302 g/mol. The summed E-state index contributed by atoms with van der Waals surface area (Å²) < 4.78 is 43.4. The molecule has 2 rings (SSSR count). The Balaban J connectivity index is 2.53. The molecule has 1 aliphatic heterocycles. The summed E-state index contributed by atoms with van der Waals surface area (Å²) in [4.78, 5) is 11.5. The highest BCUT2D eigenvalue weighted by molar-refractivity contribution is 5.75. The van der Waals surface area contributed by atoms with Crippen LogP contribution in [0.4, 0.5) is 13.2 Å². The Morgan fingerprint density at radius 3 is 2.62 bits per heavy atom. The van der Waals surface area contributed by atoms with Crippen molar-refractivity contribution in [3.8, 4) is 5.75 Å². The maximum atomic E-state index is 12.8. The van der Waals surface area contributed by atoms with Crippen LogP contribution in [0.1, 0.15) is 12.5 Å². The highest BCUT2D eigenvalue weighted by Gasteiger charge is 2.49. The van der Waals surface area contributed by atoms with E-state index in [1.807, 2.05) is 5.43 Å². The molecule has 1 amide bonds. The van der Waals surface area contributed by atoms with Crippen molar-refractivity contribution in [1.29, 1.82) is 0 Å². The van der Waals surface area contributed by atoms with E-state index in [-0.39, 0.29) is 5.56 Å². The molecule has 0 saturated carbocycles. The number of nitrogens with zero attached hydrogens (tertiary/aromatic N) is 1. The van der Waals surface area contributed by atoms with Crippen molar-refractivity contribution < 1.29 is 27.8 Å². The summed E-state index contributed by atoms with van der Waals surface area (Å²) in [5.74, 6) is -0.422. The van der Waals surface area contributed by atoms with Gasteiger partial charge in [-0.25, -0.2) is 5.01 Å². The molecule has 1 atom stereocenters. The van der Waals surface area contributed by atoms with Gasteiger partial charge in [0.25, 0.3) is 0 Å². The van der Waals surface area contributed by atoms with Gasteiger partial charge < -0.3 is 9.84 Å². The minimum atomic E-state index is -4.71. The van der Waals surface area contributed by atoms with Gasteiger partial charge in [0.2, 0.25) is 11.6 Å². The maximum absolute atomic E-state index is 12.8. The summed E-state index contributed by atoms with van der Waals surface area (Å²) in [5.41, 5.74) is -1.49. The number of hydrogen-bond acceptors (Lipinski definition) is 4. The number of nitrogens with one attached hydrogen (secondary N) is 1. The van der Waals surface area contributed by atoms with E-state index in [1.165, 1.54) is 25.3 Å². The second kappa shape index (κ2) is 4.96. The van der Waals surface area contributed by atoms with Gasteiger partial charge in [-0.15, -0.1) is 0 Å². The van der Waals surface area contributed by atoms with Gasteiger partial charge in [0.15, 0.2) is 0 Å². The average Bonchev–Trinajstić information content (AvgIpc) is 2.78. The van der Waals surface area contributed by atoms with Gasteiger partial charge in [0.05, 0.1) is 7.11 Å². The van der Waals surface area contributed by atoms with Crippen LogP contribution in [-0.2, 0) is 10.5 Å². The lowest BCUT2D eigenvalue weighted by Crippen LogP contribution is -2.50. The van der Waals surface area contributed by atoms with E-state index >= 15 is 0 Å². The molecule has 0 fully saturated rings. The number of rotatable bonds is 2. The van der Waals surface area contributed by atoms with Crippen molar-refractivity contribution in [1.82, 2.24) is 10.4 Å². The van der Waals surface area contributed by atoms with Crippen molar-refractivity contribution in [3.05, 3.63) is 41.6 Å². The quantitative estimate of drug-likeness (QED) is 0.872. The van der Waals surface area contributed by atoms with Crippen LogP contribution >= 0.6 is 0 Å². The largest absolute Gasteiger partial charge is 0.497 e. The van der Waals surface area contributed by atoms with E-state index in [4.69, 9.17) is 4.74 Å². The second-order valence-electron chi connectivity index (χ2n) is 4.48. The van der Waals surface area contributed by atoms with Gasteiger partial charge in [-0.1, -0.05) is 12.1 Å². The maximum Gasteiger partial charge on any atom is 0.432 e. The van der Waals surface area contributed by atoms with Crippen molar-refractivity contribution in [2.24, 2.45) is 0 Å². The van der Waals surface area contributed by atoms with Crippen LogP contribution in [0, 0.1) is 0 Å².